The van der Waals surface area contributed by atoms with Crippen LogP contribution >= 0.6 is 22.9 Å². The number of Topliss-reactive ketones (excluding diaryl/α,β-unsaturated/α-hetero) is 1. The summed E-state index contributed by atoms with van der Waals surface area (Å²) >= 11 is 7.22. The van der Waals surface area contributed by atoms with E-state index in [-0.39, 0.29) is 34.4 Å². The van der Waals surface area contributed by atoms with Gasteiger partial charge in [0, 0.05) is 17.5 Å². The molecule has 2 aromatic heterocycles. The molecule has 164 valence electrons. The molecule has 0 saturated heterocycles. The number of aryl methyl sites for hydroxylation is 3. The molecule has 0 fully saturated rings. The van der Waals surface area contributed by atoms with Crippen molar-refractivity contribution >= 4 is 38.7 Å². The van der Waals surface area contributed by atoms with Crippen LogP contribution in [0.2, 0.25) is 5.02 Å². The van der Waals surface area contributed by atoms with E-state index in [9.17, 15) is 17.6 Å². The molecule has 0 bridgehead atoms. The fourth-order valence-corrected chi connectivity index (χ4v) is 4.85. The number of ketones is 1. The molecule has 0 aliphatic rings. The summed E-state index contributed by atoms with van der Waals surface area (Å²) in [7, 11) is -3.93. The molecule has 0 saturated carbocycles. The third-order valence-corrected chi connectivity index (χ3v) is 7.11. The average molecular weight is 483 g/mol. The Labute approximate surface area is 188 Å². The van der Waals surface area contributed by atoms with Crippen molar-refractivity contribution in [1.29, 1.82) is 0 Å². The number of carbonyl (C=O) groups is 1. The molecule has 0 aliphatic heterocycles. The van der Waals surface area contributed by atoms with E-state index in [0.717, 1.165) is 28.1 Å². The Kier molecular flexibility index (Phi) is 7.47. The Bertz CT molecular complexity index is 1210. The molecule has 7 nitrogen and oxygen atoms in total. The normalized spacial score (nSPS) is 11.6. The molecule has 0 spiro atoms. The van der Waals surface area contributed by atoms with E-state index in [2.05, 4.69) is 19.7 Å². The Balaban J connectivity index is 1.69. The Hall–Kier alpha value is -2.27. The van der Waals surface area contributed by atoms with Crippen LogP contribution in [0.15, 0.2) is 35.5 Å². The number of thiazole rings is 1. The van der Waals surface area contributed by atoms with Crippen LogP contribution < -0.4 is 4.72 Å². The van der Waals surface area contributed by atoms with Gasteiger partial charge in [0.15, 0.2) is 5.78 Å². The van der Waals surface area contributed by atoms with Gasteiger partial charge in [-0.2, -0.15) is 0 Å². The highest BCUT2D eigenvalue weighted by atomic mass is 35.5. The lowest BCUT2D eigenvalue weighted by Crippen LogP contribution is -2.25. The van der Waals surface area contributed by atoms with Crippen molar-refractivity contribution in [2.24, 2.45) is 0 Å². The van der Waals surface area contributed by atoms with Crippen LogP contribution in [0.1, 0.15) is 45.1 Å². The molecule has 11 heteroatoms. The van der Waals surface area contributed by atoms with Crippen molar-refractivity contribution in [3.63, 3.8) is 0 Å². The predicted octanol–water partition coefficient (Wildman–Crippen LogP) is 3.89. The van der Waals surface area contributed by atoms with E-state index in [1.165, 1.54) is 6.20 Å². The van der Waals surface area contributed by atoms with Crippen molar-refractivity contribution in [3.05, 3.63) is 68.4 Å². The van der Waals surface area contributed by atoms with Crippen LogP contribution in [0.25, 0.3) is 0 Å². The second kappa shape index (κ2) is 9.90. The van der Waals surface area contributed by atoms with Gasteiger partial charge in [0.1, 0.15) is 11.5 Å². The summed E-state index contributed by atoms with van der Waals surface area (Å²) in [6.07, 6.45) is 4.46. The Morgan fingerprint density at radius 1 is 1.23 bits per heavy atom. The van der Waals surface area contributed by atoms with Gasteiger partial charge in [-0.25, -0.2) is 27.5 Å². The number of carbonyl (C=O) groups excluding carboxylic acids is 1. The molecule has 0 atom stereocenters. The number of nitrogens with one attached hydrogen (secondary N) is 1. The minimum atomic E-state index is -3.93. The smallest absolute Gasteiger partial charge is 0.240 e. The molecule has 31 heavy (non-hydrogen) atoms. The van der Waals surface area contributed by atoms with Gasteiger partial charge in [0.2, 0.25) is 10.0 Å². The van der Waals surface area contributed by atoms with Gasteiger partial charge in [-0.05, 0) is 38.0 Å². The lowest BCUT2D eigenvalue weighted by Gasteiger charge is -2.10. The first-order valence-corrected chi connectivity index (χ1v) is 12.1. The quantitative estimate of drug-likeness (QED) is 0.464. The Morgan fingerprint density at radius 2 is 2.00 bits per heavy atom. The lowest BCUT2D eigenvalue weighted by atomic mass is 10.1. The van der Waals surface area contributed by atoms with Gasteiger partial charge in [0.25, 0.3) is 0 Å². The number of rotatable bonds is 9. The topological polar surface area (TPSA) is 102 Å². The maximum Gasteiger partial charge on any atom is 0.240 e. The highest BCUT2D eigenvalue weighted by Crippen LogP contribution is 2.20. The average Bonchev–Trinajstić information content (AvgIpc) is 3.17. The lowest BCUT2D eigenvalue weighted by molar-refractivity contribution is 0.0977. The summed E-state index contributed by atoms with van der Waals surface area (Å²) in [5, 5.41) is 0.665. The summed E-state index contributed by atoms with van der Waals surface area (Å²) < 4.78 is 40.6. The van der Waals surface area contributed by atoms with Crippen molar-refractivity contribution in [2.45, 2.75) is 44.6 Å². The summed E-state index contributed by atoms with van der Waals surface area (Å²) in [6, 6.07) is 3.16. The second-order valence-corrected chi connectivity index (χ2v) is 10.2. The van der Waals surface area contributed by atoms with Gasteiger partial charge >= 0.3 is 0 Å². The van der Waals surface area contributed by atoms with Crippen LogP contribution in [-0.2, 0) is 29.4 Å². The molecule has 0 amide bonds. The van der Waals surface area contributed by atoms with E-state index >= 15 is 0 Å². The van der Waals surface area contributed by atoms with Crippen molar-refractivity contribution < 1.29 is 17.6 Å². The zero-order chi connectivity index (χ0) is 22.6. The molecule has 1 N–H and O–H groups in total. The van der Waals surface area contributed by atoms with Crippen molar-refractivity contribution in [2.75, 3.05) is 0 Å². The molecule has 3 aromatic rings. The van der Waals surface area contributed by atoms with Crippen LogP contribution in [0, 0.1) is 12.7 Å². The molecule has 2 heterocycles. The van der Waals surface area contributed by atoms with Crippen molar-refractivity contribution in [3.8, 4) is 0 Å². The largest absolute Gasteiger partial charge is 0.292 e. The molecule has 0 unspecified atom stereocenters. The maximum atomic E-state index is 13.3. The second-order valence-electron chi connectivity index (χ2n) is 6.67. The van der Waals surface area contributed by atoms with E-state index in [1.807, 2.05) is 13.8 Å². The van der Waals surface area contributed by atoms with Crippen LogP contribution in [0.4, 0.5) is 4.39 Å². The minimum Gasteiger partial charge on any atom is -0.292 e. The van der Waals surface area contributed by atoms with Crippen LogP contribution in [0.5, 0.6) is 0 Å². The fourth-order valence-electron chi connectivity index (χ4n) is 2.79. The standard InChI is InChI=1S/C20H20ClFN4O3S2/c1-3-17-18(11-25-31(28,29)14-5-6-16(22)15(21)8-14)24-10-19(26-17)20(27)7-4-13-9-23-12(2)30-13/h5-6,8-10,25H,3-4,7,11H2,1-2H3. The molecule has 1 aromatic carbocycles. The third-order valence-electron chi connectivity index (χ3n) is 4.45. The van der Waals surface area contributed by atoms with E-state index in [1.54, 1.807) is 17.5 Å². The maximum absolute atomic E-state index is 13.3. The predicted molar refractivity (Wildman–Crippen MR) is 116 cm³/mol. The van der Waals surface area contributed by atoms with Gasteiger partial charge < -0.3 is 0 Å². The molecule has 0 radical (unpaired) electrons. The monoisotopic (exact) mass is 482 g/mol. The zero-order valence-electron chi connectivity index (χ0n) is 16.9. The van der Waals surface area contributed by atoms with Crippen LogP contribution in [0.3, 0.4) is 0 Å². The summed E-state index contributed by atoms with van der Waals surface area (Å²) in [5.74, 6) is -0.841. The number of hydrogen-bond acceptors (Lipinski definition) is 7. The van der Waals surface area contributed by atoms with Gasteiger partial charge in [-0.1, -0.05) is 18.5 Å². The number of nitrogens with zero attached hydrogens (tertiary/aromatic N) is 3. The van der Waals surface area contributed by atoms with E-state index in [0.29, 0.717) is 24.2 Å². The number of sulfonamides is 1. The summed E-state index contributed by atoms with van der Waals surface area (Å²) in [6.45, 7) is 3.63. The van der Waals surface area contributed by atoms with E-state index < -0.39 is 15.8 Å². The highest BCUT2D eigenvalue weighted by molar-refractivity contribution is 7.89. The van der Waals surface area contributed by atoms with Gasteiger partial charge in [0.05, 0.1) is 39.1 Å². The first-order chi connectivity index (χ1) is 14.7. The van der Waals surface area contributed by atoms with Crippen LogP contribution in [-0.4, -0.2) is 29.2 Å². The highest BCUT2D eigenvalue weighted by Gasteiger charge is 2.18. The number of aromatic nitrogens is 3. The molecule has 0 aliphatic carbocycles. The SMILES string of the molecule is CCc1nc(C(=O)CCc2cnc(C)s2)cnc1CNS(=O)(=O)c1ccc(F)c(Cl)c1. The zero-order valence-corrected chi connectivity index (χ0v) is 19.2. The molecular weight excluding hydrogens is 463 g/mol. The molecular formula is C20H20ClFN4O3S2. The first-order valence-electron chi connectivity index (χ1n) is 9.43. The van der Waals surface area contributed by atoms with Gasteiger partial charge in [-0.3, -0.25) is 9.78 Å². The van der Waals surface area contributed by atoms with Gasteiger partial charge in [-0.15, -0.1) is 11.3 Å². The van der Waals surface area contributed by atoms with Crippen molar-refractivity contribution in [1.82, 2.24) is 19.7 Å². The Morgan fingerprint density at radius 3 is 2.65 bits per heavy atom. The third kappa shape index (κ3) is 5.91. The molecule has 3 rings (SSSR count). The first kappa shape index (κ1) is 23.4. The fraction of sp³-hybridized carbons (Fsp3) is 0.300. The number of hydrogen-bond donors (Lipinski definition) is 1. The minimum absolute atomic E-state index is 0.123. The summed E-state index contributed by atoms with van der Waals surface area (Å²) in [4.78, 5) is 26.2. The number of halogens is 2. The number of benzene rings is 1. The van der Waals surface area contributed by atoms with E-state index in [4.69, 9.17) is 11.6 Å². The summed E-state index contributed by atoms with van der Waals surface area (Å²) in [5.41, 5.74) is 1.18.